The summed E-state index contributed by atoms with van der Waals surface area (Å²) in [5.74, 6) is 0.737. The number of benzene rings is 1. The summed E-state index contributed by atoms with van der Waals surface area (Å²) >= 11 is 0. The number of carbonyl (C=O) groups is 1. The van der Waals surface area contributed by atoms with Gasteiger partial charge >= 0.3 is 0 Å². The molecule has 0 fully saturated rings. The van der Waals surface area contributed by atoms with E-state index in [4.69, 9.17) is 4.74 Å². The number of ether oxygens (including phenoxy) is 1. The summed E-state index contributed by atoms with van der Waals surface area (Å²) in [5.41, 5.74) is 0. The van der Waals surface area contributed by atoms with Gasteiger partial charge in [0, 0.05) is 14.1 Å². The first-order valence-corrected chi connectivity index (χ1v) is 5.08. The fourth-order valence-electron chi connectivity index (χ4n) is 1.26. The molecule has 1 aromatic carbocycles. The molecule has 0 saturated carbocycles. The van der Waals surface area contributed by atoms with Crippen LogP contribution in [0.3, 0.4) is 0 Å². The van der Waals surface area contributed by atoms with Crippen molar-refractivity contribution in [2.45, 2.75) is 19.4 Å². The zero-order valence-corrected chi connectivity index (χ0v) is 9.43. The van der Waals surface area contributed by atoms with E-state index in [1.54, 1.807) is 19.0 Å². The Bertz CT molecular complexity index is 309. The van der Waals surface area contributed by atoms with Crippen LogP contribution in [0.2, 0.25) is 0 Å². The second-order valence-corrected chi connectivity index (χ2v) is 3.56. The van der Waals surface area contributed by atoms with E-state index >= 15 is 0 Å². The molecule has 0 saturated heterocycles. The number of carbonyl (C=O) groups excluding carboxylic acids is 1. The highest BCUT2D eigenvalue weighted by atomic mass is 16.5. The summed E-state index contributed by atoms with van der Waals surface area (Å²) in [6.07, 6.45) is 0.286. The van der Waals surface area contributed by atoms with Crippen molar-refractivity contribution in [1.82, 2.24) is 4.90 Å². The Balaban J connectivity index is 2.66. The van der Waals surface area contributed by atoms with Crippen LogP contribution in [0.4, 0.5) is 0 Å². The first-order chi connectivity index (χ1) is 7.15. The molecule has 0 heterocycles. The Morgan fingerprint density at radius 3 is 2.40 bits per heavy atom. The van der Waals surface area contributed by atoms with Crippen LogP contribution in [-0.4, -0.2) is 31.0 Å². The molecule has 0 radical (unpaired) electrons. The predicted octanol–water partition coefficient (Wildman–Crippen LogP) is 1.93. The first-order valence-electron chi connectivity index (χ1n) is 5.08. The van der Waals surface area contributed by atoms with Crippen molar-refractivity contribution in [3.63, 3.8) is 0 Å². The molecule has 1 amide bonds. The van der Waals surface area contributed by atoms with E-state index in [2.05, 4.69) is 0 Å². The zero-order valence-electron chi connectivity index (χ0n) is 9.43. The maximum Gasteiger partial charge on any atom is 0.263 e. The van der Waals surface area contributed by atoms with E-state index < -0.39 is 0 Å². The van der Waals surface area contributed by atoms with E-state index in [0.717, 1.165) is 5.75 Å². The molecule has 1 aromatic rings. The van der Waals surface area contributed by atoms with Crippen molar-refractivity contribution < 1.29 is 9.53 Å². The fourth-order valence-corrected chi connectivity index (χ4v) is 1.26. The second-order valence-electron chi connectivity index (χ2n) is 3.56. The van der Waals surface area contributed by atoms with Gasteiger partial charge in [0.05, 0.1) is 0 Å². The van der Waals surface area contributed by atoms with Crippen LogP contribution in [0.5, 0.6) is 5.75 Å². The van der Waals surface area contributed by atoms with Crippen LogP contribution >= 0.6 is 0 Å². The van der Waals surface area contributed by atoms with Gasteiger partial charge < -0.3 is 9.64 Å². The van der Waals surface area contributed by atoms with Crippen LogP contribution < -0.4 is 4.74 Å². The highest BCUT2D eigenvalue weighted by Crippen LogP contribution is 2.13. The monoisotopic (exact) mass is 207 g/mol. The van der Waals surface area contributed by atoms with Gasteiger partial charge in [-0.25, -0.2) is 0 Å². The molecule has 0 aliphatic carbocycles. The largest absolute Gasteiger partial charge is 0.481 e. The standard InChI is InChI=1S/C12H17NO2/c1-4-11(12(14)13(2)3)15-10-8-6-5-7-9-10/h5-9,11H,4H2,1-3H3. The van der Waals surface area contributed by atoms with Crippen molar-refractivity contribution in [1.29, 1.82) is 0 Å². The van der Waals surface area contributed by atoms with Crippen LogP contribution in [0.15, 0.2) is 30.3 Å². The van der Waals surface area contributed by atoms with Crippen LogP contribution in [0.25, 0.3) is 0 Å². The first kappa shape index (κ1) is 11.6. The summed E-state index contributed by atoms with van der Waals surface area (Å²) < 4.78 is 5.60. The molecule has 82 valence electrons. The molecule has 0 aromatic heterocycles. The van der Waals surface area contributed by atoms with Gasteiger partial charge in [0.2, 0.25) is 0 Å². The highest BCUT2D eigenvalue weighted by molar-refractivity contribution is 5.80. The lowest BCUT2D eigenvalue weighted by Crippen LogP contribution is -2.37. The molecule has 1 rings (SSSR count). The van der Waals surface area contributed by atoms with E-state index in [-0.39, 0.29) is 12.0 Å². The van der Waals surface area contributed by atoms with Crippen LogP contribution in [-0.2, 0) is 4.79 Å². The molecule has 0 aliphatic heterocycles. The number of amides is 1. The minimum Gasteiger partial charge on any atom is -0.481 e. The lowest BCUT2D eigenvalue weighted by Gasteiger charge is -2.20. The maximum absolute atomic E-state index is 11.7. The Hall–Kier alpha value is -1.51. The summed E-state index contributed by atoms with van der Waals surface area (Å²) in [4.78, 5) is 13.2. The Morgan fingerprint density at radius 2 is 1.93 bits per heavy atom. The molecule has 3 nitrogen and oxygen atoms in total. The van der Waals surface area contributed by atoms with Crippen LogP contribution in [0, 0.1) is 0 Å². The van der Waals surface area contributed by atoms with E-state index in [9.17, 15) is 4.79 Å². The molecule has 0 aliphatic rings. The van der Waals surface area contributed by atoms with Gasteiger partial charge in [0.1, 0.15) is 5.75 Å². The maximum atomic E-state index is 11.7. The number of nitrogens with zero attached hydrogens (tertiary/aromatic N) is 1. The second kappa shape index (κ2) is 5.39. The molecule has 3 heteroatoms. The van der Waals surface area contributed by atoms with Gasteiger partial charge in [-0.1, -0.05) is 25.1 Å². The zero-order chi connectivity index (χ0) is 11.3. The van der Waals surface area contributed by atoms with E-state index in [1.165, 1.54) is 0 Å². The minimum atomic E-state index is -0.387. The Morgan fingerprint density at radius 1 is 1.33 bits per heavy atom. The molecule has 1 unspecified atom stereocenters. The summed E-state index contributed by atoms with van der Waals surface area (Å²) in [6, 6.07) is 9.41. The third-order valence-electron chi connectivity index (χ3n) is 2.11. The summed E-state index contributed by atoms with van der Waals surface area (Å²) in [6.45, 7) is 1.94. The molecule has 1 atom stereocenters. The van der Waals surface area contributed by atoms with Crippen molar-refractivity contribution in [3.8, 4) is 5.75 Å². The Labute approximate surface area is 90.7 Å². The molecule has 0 bridgehead atoms. The average Bonchev–Trinajstić information content (AvgIpc) is 2.26. The van der Waals surface area contributed by atoms with Gasteiger partial charge in [0.25, 0.3) is 5.91 Å². The van der Waals surface area contributed by atoms with Gasteiger partial charge in [-0.15, -0.1) is 0 Å². The number of hydrogen-bond acceptors (Lipinski definition) is 2. The van der Waals surface area contributed by atoms with Crippen LogP contribution in [0.1, 0.15) is 13.3 Å². The third-order valence-corrected chi connectivity index (χ3v) is 2.11. The lowest BCUT2D eigenvalue weighted by molar-refractivity contribution is -0.136. The highest BCUT2D eigenvalue weighted by Gasteiger charge is 2.19. The average molecular weight is 207 g/mol. The molecule has 0 N–H and O–H groups in total. The fraction of sp³-hybridized carbons (Fsp3) is 0.417. The molecular weight excluding hydrogens is 190 g/mol. The molecule has 15 heavy (non-hydrogen) atoms. The quantitative estimate of drug-likeness (QED) is 0.755. The van der Waals surface area contributed by atoms with Gasteiger partial charge in [-0.3, -0.25) is 4.79 Å². The number of rotatable bonds is 4. The normalized spacial score (nSPS) is 11.9. The van der Waals surface area contributed by atoms with Crippen molar-refractivity contribution in [3.05, 3.63) is 30.3 Å². The minimum absolute atomic E-state index is 0.00125. The number of para-hydroxylation sites is 1. The summed E-state index contributed by atoms with van der Waals surface area (Å²) in [5, 5.41) is 0. The smallest absolute Gasteiger partial charge is 0.263 e. The van der Waals surface area contributed by atoms with Gasteiger partial charge in [0.15, 0.2) is 6.10 Å². The number of likely N-dealkylation sites (N-methyl/N-ethyl adjacent to an activating group) is 1. The molecule has 0 spiro atoms. The van der Waals surface area contributed by atoms with Crippen molar-refractivity contribution in [2.24, 2.45) is 0 Å². The predicted molar refractivity (Wildman–Crippen MR) is 59.8 cm³/mol. The summed E-state index contributed by atoms with van der Waals surface area (Å²) in [7, 11) is 3.47. The van der Waals surface area contributed by atoms with E-state index in [1.807, 2.05) is 37.3 Å². The van der Waals surface area contributed by atoms with E-state index in [0.29, 0.717) is 6.42 Å². The van der Waals surface area contributed by atoms with Gasteiger partial charge in [-0.05, 0) is 18.6 Å². The topological polar surface area (TPSA) is 29.5 Å². The molecular formula is C12H17NO2. The third kappa shape index (κ3) is 3.27. The van der Waals surface area contributed by atoms with Crippen molar-refractivity contribution in [2.75, 3.05) is 14.1 Å². The van der Waals surface area contributed by atoms with Gasteiger partial charge in [-0.2, -0.15) is 0 Å². The lowest BCUT2D eigenvalue weighted by atomic mass is 10.2. The SMILES string of the molecule is CCC(Oc1ccccc1)C(=O)N(C)C. The van der Waals surface area contributed by atoms with Crippen molar-refractivity contribution >= 4 is 5.91 Å². The Kier molecular flexibility index (Phi) is 4.16. The number of hydrogen-bond donors (Lipinski definition) is 0.